The van der Waals surface area contributed by atoms with Crippen LogP contribution in [-0.2, 0) is 0 Å². The van der Waals surface area contributed by atoms with Gasteiger partial charge in [-0.3, -0.25) is 0 Å². The Kier molecular flexibility index (Phi) is 24.3. The molecule has 0 saturated heterocycles. The minimum Gasteiger partial charge on any atom is -0.0988 e. The molecular formula is C20H38. The molecule has 0 aromatic carbocycles. The third kappa shape index (κ3) is 19.3. The predicted octanol–water partition coefficient (Wildman–Crippen LogP) is 7.64. The van der Waals surface area contributed by atoms with Gasteiger partial charge in [0.05, 0.1) is 0 Å². The van der Waals surface area contributed by atoms with Crippen LogP contribution in [0.15, 0.2) is 47.6 Å². The summed E-state index contributed by atoms with van der Waals surface area (Å²) < 4.78 is 0. The van der Waals surface area contributed by atoms with Gasteiger partial charge in [0.25, 0.3) is 0 Å². The van der Waals surface area contributed by atoms with E-state index in [1.54, 1.807) is 0 Å². The first-order valence-electron chi connectivity index (χ1n) is 8.11. The predicted molar refractivity (Wildman–Crippen MR) is 98.3 cm³/mol. The second kappa shape index (κ2) is 20.3. The molecule has 20 heavy (non-hydrogen) atoms. The van der Waals surface area contributed by atoms with E-state index in [-0.39, 0.29) is 0 Å². The molecule has 118 valence electrons. The van der Waals surface area contributed by atoms with Gasteiger partial charge in [0, 0.05) is 0 Å². The van der Waals surface area contributed by atoms with Gasteiger partial charge in [0.2, 0.25) is 0 Å². The molecule has 0 spiro atoms. The summed E-state index contributed by atoms with van der Waals surface area (Å²) in [5.74, 6) is 0. The van der Waals surface area contributed by atoms with Crippen molar-refractivity contribution in [1.29, 1.82) is 0 Å². The van der Waals surface area contributed by atoms with E-state index in [0.717, 1.165) is 6.42 Å². The molecule has 0 bridgehead atoms. The molecule has 0 radical (unpaired) electrons. The first-order valence-corrected chi connectivity index (χ1v) is 8.11. The average Bonchev–Trinajstić information content (AvgIpc) is 2.37. The van der Waals surface area contributed by atoms with E-state index in [9.17, 15) is 0 Å². The van der Waals surface area contributed by atoms with Crippen LogP contribution in [0.1, 0.15) is 81.1 Å². The van der Waals surface area contributed by atoms with Crippen LogP contribution in [0.3, 0.4) is 0 Å². The maximum Gasteiger partial charge on any atom is -0.0229 e. The highest BCUT2D eigenvalue weighted by Crippen LogP contribution is 2.16. The van der Waals surface area contributed by atoms with E-state index in [1.807, 2.05) is 13.0 Å². The standard InChI is InChI=1S/C14H22.2C3H8/c1-6-9-13(8-3)14(10-7-2)11-12(4)5;2*1-3-2/h7-8,10-11H,3,6,9H2,1-2,4-5H3;2*3H2,1-2H3/b10-7-,14-13+;;. The second-order valence-corrected chi connectivity index (χ2v) is 5.07. The normalized spacial score (nSPS) is 10.6. The van der Waals surface area contributed by atoms with Gasteiger partial charge in [-0.1, -0.05) is 90.3 Å². The SMILES string of the molecule is C=C/C(CCC)=C(C=C(C)C)/C=C\C.CCC.CCC. The smallest absolute Gasteiger partial charge is 0.0229 e. The van der Waals surface area contributed by atoms with Gasteiger partial charge in [-0.2, -0.15) is 0 Å². The Morgan fingerprint density at radius 3 is 1.65 bits per heavy atom. The van der Waals surface area contributed by atoms with Crippen LogP contribution < -0.4 is 0 Å². The van der Waals surface area contributed by atoms with Crippen molar-refractivity contribution < 1.29 is 0 Å². The molecule has 0 aliphatic carbocycles. The summed E-state index contributed by atoms with van der Waals surface area (Å²) in [6.45, 7) is 20.9. The van der Waals surface area contributed by atoms with Crippen molar-refractivity contribution in [2.45, 2.75) is 81.1 Å². The van der Waals surface area contributed by atoms with Crippen molar-refractivity contribution in [3.63, 3.8) is 0 Å². The van der Waals surface area contributed by atoms with E-state index >= 15 is 0 Å². The van der Waals surface area contributed by atoms with Gasteiger partial charge in [-0.25, -0.2) is 0 Å². The Hall–Kier alpha value is -1.04. The fourth-order valence-corrected chi connectivity index (χ4v) is 1.37. The average molecular weight is 279 g/mol. The molecule has 0 heterocycles. The molecule has 0 aliphatic heterocycles. The highest BCUT2D eigenvalue weighted by atomic mass is 14.0. The number of hydrogen-bond acceptors (Lipinski definition) is 0. The zero-order valence-electron chi connectivity index (χ0n) is 15.3. The Bertz CT molecular complexity index is 281. The lowest BCUT2D eigenvalue weighted by atomic mass is 10.0. The molecule has 0 aromatic rings. The maximum atomic E-state index is 3.87. The third-order valence-corrected chi connectivity index (χ3v) is 1.93. The first-order chi connectivity index (χ1) is 9.48. The minimum atomic E-state index is 1.10. The lowest BCUT2D eigenvalue weighted by Gasteiger charge is -2.04. The van der Waals surface area contributed by atoms with Crippen molar-refractivity contribution in [1.82, 2.24) is 0 Å². The number of rotatable bonds is 5. The topological polar surface area (TPSA) is 0 Å². The molecule has 0 unspecified atom stereocenters. The summed E-state index contributed by atoms with van der Waals surface area (Å²) in [7, 11) is 0. The lowest BCUT2D eigenvalue weighted by Crippen LogP contribution is -1.85. The molecule has 0 fully saturated rings. The van der Waals surface area contributed by atoms with E-state index in [4.69, 9.17) is 0 Å². The Balaban J connectivity index is -0.000000408. The zero-order valence-corrected chi connectivity index (χ0v) is 15.3. The lowest BCUT2D eigenvalue weighted by molar-refractivity contribution is 0.921. The molecular weight excluding hydrogens is 240 g/mol. The van der Waals surface area contributed by atoms with Crippen LogP contribution in [0.5, 0.6) is 0 Å². The molecule has 0 N–H and O–H groups in total. The molecule has 0 nitrogen and oxygen atoms in total. The van der Waals surface area contributed by atoms with Crippen molar-refractivity contribution in [2.75, 3.05) is 0 Å². The van der Waals surface area contributed by atoms with E-state index in [1.165, 1.54) is 36.0 Å². The van der Waals surface area contributed by atoms with Crippen molar-refractivity contribution in [3.8, 4) is 0 Å². The van der Waals surface area contributed by atoms with Crippen molar-refractivity contribution in [3.05, 3.63) is 47.6 Å². The maximum absolute atomic E-state index is 3.87. The highest BCUT2D eigenvalue weighted by Gasteiger charge is 1.96. The monoisotopic (exact) mass is 278 g/mol. The number of hydrogen-bond donors (Lipinski definition) is 0. The molecule has 0 saturated carbocycles. The van der Waals surface area contributed by atoms with Crippen LogP contribution >= 0.6 is 0 Å². The van der Waals surface area contributed by atoms with Crippen LogP contribution in [0, 0.1) is 0 Å². The molecule has 0 aliphatic rings. The molecule has 0 aromatic heterocycles. The fourth-order valence-electron chi connectivity index (χ4n) is 1.37. The van der Waals surface area contributed by atoms with Crippen LogP contribution in [0.25, 0.3) is 0 Å². The van der Waals surface area contributed by atoms with Gasteiger partial charge in [-0.15, -0.1) is 0 Å². The molecule has 0 amide bonds. The largest absolute Gasteiger partial charge is 0.0988 e. The van der Waals surface area contributed by atoms with Gasteiger partial charge in [0.15, 0.2) is 0 Å². The van der Waals surface area contributed by atoms with E-state index < -0.39 is 0 Å². The summed E-state index contributed by atoms with van der Waals surface area (Å²) in [6.07, 6.45) is 13.2. The molecule has 0 atom stereocenters. The van der Waals surface area contributed by atoms with Gasteiger partial charge >= 0.3 is 0 Å². The first kappa shape index (κ1) is 24.0. The van der Waals surface area contributed by atoms with Crippen molar-refractivity contribution >= 4 is 0 Å². The Morgan fingerprint density at radius 1 is 0.950 bits per heavy atom. The van der Waals surface area contributed by atoms with Gasteiger partial charge in [-0.05, 0) is 38.3 Å². The van der Waals surface area contributed by atoms with Gasteiger partial charge < -0.3 is 0 Å². The fraction of sp³-hybridized carbons (Fsp3) is 0.600. The summed E-state index contributed by atoms with van der Waals surface area (Å²) in [4.78, 5) is 0. The van der Waals surface area contributed by atoms with Crippen LogP contribution in [0.2, 0.25) is 0 Å². The quantitative estimate of drug-likeness (QED) is 0.453. The number of allylic oxidation sites excluding steroid dienone is 7. The van der Waals surface area contributed by atoms with Crippen LogP contribution in [-0.4, -0.2) is 0 Å². The van der Waals surface area contributed by atoms with E-state index in [0.29, 0.717) is 0 Å². The highest BCUT2D eigenvalue weighted by molar-refractivity contribution is 5.41. The van der Waals surface area contributed by atoms with Crippen molar-refractivity contribution in [2.24, 2.45) is 0 Å². The summed E-state index contributed by atoms with van der Waals surface area (Å²) >= 11 is 0. The Morgan fingerprint density at radius 2 is 1.40 bits per heavy atom. The summed E-state index contributed by atoms with van der Waals surface area (Å²) in [5, 5.41) is 0. The van der Waals surface area contributed by atoms with Gasteiger partial charge in [0.1, 0.15) is 0 Å². The third-order valence-electron chi connectivity index (χ3n) is 1.93. The second-order valence-electron chi connectivity index (χ2n) is 5.07. The minimum absolute atomic E-state index is 1.10. The molecule has 0 heteroatoms. The molecule has 0 rings (SSSR count). The van der Waals surface area contributed by atoms with E-state index in [2.05, 4.69) is 73.3 Å². The summed E-state index contributed by atoms with van der Waals surface area (Å²) in [5.41, 5.74) is 3.96. The Labute approximate surface area is 129 Å². The zero-order chi connectivity index (χ0) is 16.4. The van der Waals surface area contributed by atoms with Crippen LogP contribution in [0.4, 0.5) is 0 Å². The summed E-state index contributed by atoms with van der Waals surface area (Å²) in [6, 6.07) is 0.